The van der Waals surface area contributed by atoms with Gasteiger partial charge in [0.2, 0.25) is 5.91 Å². The van der Waals surface area contributed by atoms with Crippen LogP contribution in [-0.2, 0) is 186 Å². The van der Waals surface area contributed by atoms with Crippen LogP contribution in [0.5, 0.6) is 0 Å². The number of ether oxygens (including phenoxy) is 15. The van der Waals surface area contributed by atoms with Crippen LogP contribution in [0.3, 0.4) is 0 Å². The Balaban J connectivity index is -0.000000730. The Morgan fingerprint density at radius 1 is 0.290 bits per heavy atom. The molecule has 43 heteroatoms. The average molecular weight is 1770 g/mol. The largest absolute Gasteiger partial charge is 0.475 e. The molecule has 0 aromatic carbocycles. The number of nitrogens with zero attached hydrogens (tertiary/aromatic N) is 4. The number of amides is 1. The summed E-state index contributed by atoms with van der Waals surface area (Å²) >= 11 is 0. The summed E-state index contributed by atoms with van der Waals surface area (Å²) in [6, 6.07) is 0. The average Bonchev–Trinajstić information content (AvgIpc) is 0.784. The van der Waals surface area contributed by atoms with Gasteiger partial charge in [0.15, 0.2) is 0 Å². The topological polar surface area (TPSA) is 526 Å². The van der Waals surface area contributed by atoms with E-state index in [-0.39, 0.29) is 169 Å². The Hall–Kier alpha value is -14.1. The quantitative estimate of drug-likeness (QED) is 0.0294. The fraction of sp³-hybridized carbons (Fsp3) is 0.370. The highest BCUT2D eigenvalue weighted by Gasteiger charge is 2.38. The molecule has 1 amide bonds. The Kier molecular flexibility index (Phi) is 63.4. The lowest BCUT2D eigenvalue weighted by Crippen LogP contribution is -2.55. The van der Waals surface area contributed by atoms with E-state index < -0.39 is 125 Å². The number of rotatable bonds is 58. The number of phosphoric acid groups is 1. The van der Waals surface area contributed by atoms with E-state index in [0.717, 1.165) is 79.0 Å². The number of phosphoric ester groups is 1. The second-order valence-electron chi connectivity index (χ2n) is 23.4. The third-order valence-corrected chi connectivity index (χ3v) is 15.4. The predicted octanol–water partition coefficient (Wildman–Crippen LogP) is 3.78. The van der Waals surface area contributed by atoms with E-state index in [1.165, 1.54) is 18.7 Å². The van der Waals surface area contributed by atoms with Crippen molar-refractivity contribution < 1.29 is 166 Å². The van der Waals surface area contributed by atoms with Crippen LogP contribution in [0.1, 0.15) is 34.1 Å². The van der Waals surface area contributed by atoms with E-state index in [1.807, 2.05) is 0 Å². The molecule has 0 spiro atoms. The van der Waals surface area contributed by atoms with Crippen molar-refractivity contribution in [1.29, 1.82) is 0 Å². The molecule has 42 nitrogen and oxygen atoms in total. The van der Waals surface area contributed by atoms with Crippen LogP contribution < -0.4 is 17.1 Å². The summed E-state index contributed by atoms with van der Waals surface area (Å²) in [7, 11) is -4.08. The number of hydrogen-bond acceptors (Lipinski definition) is 38. The van der Waals surface area contributed by atoms with E-state index in [0.29, 0.717) is 25.7 Å². The highest BCUT2D eigenvalue weighted by molar-refractivity contribution is 7.48. The van der Waals surface area contributed by atoms with Gasteiger partial charge in [0, 0.05) is 95.7 Å². The second kappa shape index (κ2) is 67.6. The molecule has 0 atom stereocenters. The fourth-order valence-corrected chi connectivity index (χ4v) is 8.42. The molecule has 0 saturated carbocycles. The number of esters is 15. The zero-order chi connectivity index (χ0) is 95.4. The number of carbonyl (C=O) groups is 16. The third kappa shape index (κ3) is 54.1. The first kappa shape index (κ1) is 116. The summed E-state index contributed by atoms with van der Waals surface area (Å²) in [6.45, 7) is 54.2. The van der Waals surface area contributed by atoms with Crippen LogP contribution in [0, 0.1) is 10.8 Å². The van der Waals surface area contributed by atoms with Crippen LogP contribution in [0.2, 0.25) is 0 Å². The van der Waals surface area contributed by atoms with Crippen LogP contribution in [-0.4, -0.2) is 246 Å². The lowest BCUT2D eigenvalue weighted by atomic mass is 9.88. The molecule has 682 valence electrons. The van der Waals surface area contributed by atoms with Crippen molar-refractivity contribution in [3.63, 3.8) is 0 Å². The number of hydrogen-bond donors (Lipinski definition) is 0. The zero-order valence-electron chi connectivity index (χ0n) is 69.5. The third-order valence-electron chi connectivity index (χ3n) is 13.9. The van der Waals surface area contributed by atoms with Crippen LogP contribution in [0.4, 0.5) is 0 Å². The van der Waals surface area contributed by atoms with Gasteiger partial charge in [-0.25, -0.2) is 105 Å². The summed E-state index contributed by atoms with van der Waals surface area (Å²) in [6.07, 6.45) is 12.8. The van der Waals surface area contributed by atoms with Crippen molar-refractivity contribution in [3.8, 4) is 0 Å². The van der Waals surface area contributed by atoms with Crippen LogP contribution in [0.15, 0.2) is 215 Å². The van der Waals surface area contributed by atoms with E-state index >= 15 is 0 Å². The lowest BCUT2D eigenvalue weighted by molar-refractivity contribution is -0.165. The number of aromatic nitrogens is 3. The molecular formula is C81H105N4O38P. The Bertz CT molecular complexity index is 3840. The molecule has 0 N–H and O–H groups in total. The molecule has 0 aliphatic heterocycles. The highest BCUT2D eigenvalue weighted by atomic mass is 31.2. The molecular weight excluding hydrogens is 1670 g/mol. The molecule has 0 saturated heterocycles. The minimum absolute atomic E-state index is 0.0269. The first-order chi connectivity index (χ1) is 58.5. The smallest absolute Gasteiger partial charge is 0.462 e. The summed E-state index contributed by atoms with van der Waals surface area (Å²) in [5.41, 5.74) is -4.24. The maximum atomic E-state index is 12.6. The summed E-state index contributed by atoms with van der Waals surface area (Å²) in [5, 5.41) is 0. The maximum absolute atomic E-state index is 12.6. The molecule has 1 aromatic heterocycles. The standard InChI is InChI=1S/C18H21N3O9.C17H20O8.C16H23NO5.C15H21O10P.C15H20O6/c1-4-13(22)28-10-7-19-16(25)20(8-11-29-14(23)5-2)18(27)21(17(19)26)9-12-30-15(24)6-3;1-5-13(18)22-9-17(10-23-14(19)6-2,11-24-15(20)7-3)12-25-16(21)8-4;1-11(2)14(18)17(7-9-21-15(19)12(3)4)8-10-22-16(20)13(5)6;1-4-13(16)20-7-10-23-26(19,24-11-8-21-14(17)5-2)25-12-9-22-15(18)6-3;1-5-12(16)19-9-15(8-4,10-20-13(17)6-2)11-21-14(18)7-3/h4-6H,1-3,7-12H2;5-8H,1-4,9-12H2;1,3,5,7-10H2,2,4,6H3;4-6H,1-3,7-12H2;5-7H,1-3,8-11H2,4H3. The van der Waals surface area contributed by atoms with Gasteiger partial charge in [0.05, 0.1) is 58.0 Å². The van der Waals surface area contributed by atoms with Crippen molar-refractivity contribution in [2.45, 2.75) is 53.8 Å². The van der Waals surface area contributed by atoms with Crippen molar-refractivity contribution in [2.75, 3.05) is 132 Å². The van der Waals surface area contributed by atoms with E-state index in [9.17, 15) is 95.7 Å². The zero-order valence-corrected chi connectivity index (χ0v) is 70.4. The minimum Gasteiger partial charge on any atom is -0.462 e. The maximum Gasteiger partial charge on any atom is 0.475 e. The van der Waals surface area contributed by atoms with Gasteiger partial charge < -0.3 is 76.0 Å². The van der Waals surface area contributed by atoms with Gasteiger partial charge in [-0.2, -0.15) is 0 Å². The van der Waals surface area contributed by atoms with Gasteiger partial charge in [-0.3, -0.25) is 18.4 Å². The molecule has 0 unspecified atom stereocenters. The summed E-state index contributed by atoms with van der Waals surface area (Å²) < 4.78 is 102. The monoisotopic (exact) mass is 1770 g/mol. The normalized spacial score (nSPS) is 10.0. The second-order valence-corrected chi connectivity index (χ2v) is 25.1. The Labute approximate surface area is 714 Å². The molecule has 1 aromatic rings. The van der Waals surface area contributed by atoms with E-state index in [1.54, 1.807) is 13.8 Å². The SMILES string of the molecule is C=C(C)C(=O)OCCN(CCOC(=O)C(=C)C)C(=O)C(=C)C.C=CC(=O)OCC(CC)(COC(=O)C=C)COC(=O)C=C.C=CC(=O)OCC(COC(=O)C=C)(COC(=O)C=C)COC(=O)C=C.C=CC(=O)OCCOP(=O)(OCCOC(=O)C=C)OCCOC(=O)C=C.C=CC(=O)OCCn1c(=O)n(CCOC(=O)C=C)c(=O)n(CCOC(=O)C=C)c1=O. The van der Waals surface area contributed by atoms with Gasteiger partial charge in [-0.05, 0) is 27.2 Å². The molecule has 124 heavy (non-hydrogen) atoms. The van der Waals surface area contributed by atoms with Gasteiger partial charge in [0.25, 0.3) is 0 Å². The van der Waals surface area contributed by atoms with Crippen molar-refractivity contribution in [3.05, 3.63) is 232 Å². The van der Waals surface area contributed by atoms with Gasteiger partial charge in [-0.1, -0.05) is 112 Å². The van der Waals surface area contributed by atoms with Crippen LogP contribution >= 0.6 is 7.82 Å². The highest BCUT2D eigenvalue weighted by Crippen LogP contribution is 2.49. The Morgan fingerprint density at radius 3 is 0.669 bits per heavy atom. The lowest BCUT2D eigenvalue weighted by Gasteiger charge is -2.31. The molecule has 0 bridgehead atoms. The van der Waals surface area contributed by atoms with Crippen molar-refractivity contribution in [1.82, 2.24) is 18.6 Å². The fourth-order valence-electron chi connectivity index (χ4n) is 7.30. The van der Waals surface area contributed by atoms with Crippen molar-refractivity contribution >= 4 is 103 Å². The first-order valence-electron chi connectivity index (χ1n) is 35.9. The molecule has 1 heterocycles. The minimum atomic E-state index is -4.08. The van der Waals surface area contributed by atoms with E-state index in [4.69, 9.17) is 70.4 Å². The Morgan fingerprint density at radius 2 is 0.484 bits per heavy atom. The van der Waals surface area contributed by atoms with Gasteiger partial charge in [-0.15, -0.1) is 0 Å². The predicted molar refractivity (Wildman–Crippen MR) is 438 cm³/mol. The number of carbonyl (C=O) groups excluding carboxylic acids is 16. The first-order valence-corrected chi connectivity index (χ1v) is 37.4. The van der Waals surface area contributed by atoms with Crippen molar-refractivity contribution in [2.24, 2.45) is 10.8 Å². The van der Waals surface area contributed by atoms with Gasteiger partial charge in [0.1, 0.15) is 105 Å². The van der Waals surface area contributed by atoms with Gasteiger partial charge >= 0.3 is 114 Å². The summed E-state index contributed by atoms with van der Waals surface area (Å²) in [4.78, 5) is 219. The van der Waals surface area contributed by atoms with E-state index in [2.05, 4.69) is 119 Å². The van der Waals surface area contributed by atoms with Crippen LogP contribution in [0.25, 0.3) is 0 Å². The summed E-state index contributed by atoms with van der Waals surface area (Å²) in [5.74, 6) is -10.5. The molecule has 0 aliphatic carbocycles. The molecule has 1 rings (SSSR count). The molecule has 0 aliphatic rings. The molecule has 0 radical (unpaired) electrons. The molecule has 0 fully saturated rings.